The first-order valence-corrected chi connectivity index (χ1v) is 9.62. The molecule has 142 valence electrons. The van der Waals surface area contributed by atoms with Gasteiger partial charge < -0.3 is 15.4 Å². The predicted molar refractivity (Wildman–Crippen MR) is 104 cm³/mol. The lowest BCUT2D eigenvalue weighted by Crippen LogP contribution is -2.33. The van der Waals surface area contributed by atoms with E-state index >= 15 is 0 Å². The first-order valence-electron chi connectivity index (χ1n) is 8.80. The van der Waals surface area contributed by atoms with Crippen molar-refractivity contribution in [3.8, 4) is 0 Å². The fraction of sp³-hybridized carbons (Fsp3) is 0.350. The zero-order valence-corrected chi connectivity index (χ0v) is 16.3. The van der Waals surface area contributed by atoms with Crippen LogP contribution >= 0.6 is 11.3 Å². The van der Waals surface area contributed by atoms with Gasteiger partial charge in [-0.1, -0.05) is 30.3 Å². The Morgan fingerprint density at radius 1 is 1.15 bits per heavy atom. The van der Waals surface area contributed by atoms with Crippen molar-refractivity contribution in [3.05, 3.63) is 51.9 Å². The molecule has 1 saturated carbocycles. The lowest BCUT2D eigenvalue weighted by molar-refractivity contribution is -0.130. The highest BCUT2D eigenvalue weighted by Gasteiger charge is 2.32. The molecular weight excluding hydrogens is 364 g/mol. The quantitative estimate of drug-likeness (QED) is 0.744. The van der Waals surface area contributed by atoms with Crippen LogP contribution in [0.15, 0.2) is 30.3 Å². The van der Waals surface area contributed by atoms with Crippen LogP contribution in [0.25, 0.3) is 0 Å². The van der Waals surface area contributed by atoms with Gasteiger partial charge in [0.2, 0.25) is 12.0 Å². The molecule has 1 aromatic heterocycles. The van der Waals surface area contributed by atoms with E-state index in [1.807, 2.05) is 13.0 Å². The third kappa shape index (κ3) is 4.54. The molecule has 0 spiro atoms. The Balaban J connectivity index is 1.88. The van der Waals surface area contributed by atoms with Gasteiger partial charge in [0, 0.05) is 23.4 Å². The van der Waals surface area contributed by atoms with Crippen molar-refractivity contribution in [1.29, 1.82) is 0 Å². The molecule has 1 aliphatic rings. The molecule has 2 aromatic rings. The van der Waals surface area contributed by atoms with Gasteiger partial charge in [0.15, 0.2) is 0 Å². The van der Waals surface area contributed by atoms with E-state index in [1.54, 1.807) is 31.2 Å². The minimum atomic E-state index is -1.04. The van der Waals surface area contributed by atoms with E-state index in [0.29, 0.717) is 16.1 Å². The van der Waals surface area contributed by atoms with Crippen LogP contribution in [-0.4, -0.2) is 23.8 Å². The van der Waals surface area contributed by atoms with E-state index in [4.69, 9.17) is 4.74 Å². The second-order valence-electron chi connectivity index (χ2n) is 6.65. The summed E-state index contributed by atoms with van der Waals surface area (Å²) < 4.78 is 5.63. The number of esters is 1. The lowest BCUT2D eigenvalue weighted by atomic mass is 10.1. The van der Waals surface area contributed by atoms with Crippen molar-refractivity contribution < 1.29 is 19.1 Å². The molecule has 0 radical (unpaired) electrons. The number of amides is 2. The average molecular weight is 386 g/mol. The number of carbonyl (C=O) groups is 3. The molecule has 1 aliphatic carbocycles. The molecule has 3 rings (SSSR count). The van der Waals surface area contributed by atoms with Crippen LogP contribution in [0.3, 0.4) is 0 Å². The summed E-state index contributed by atoms with van der Waals surface area (Å²) in [5, 5.41) is 6.01. The van der Waals surface area contributed by atoms with E-state index in [9.17, 15) is 14.4 Å². The second-order valence-corrected chi connectivity index (χ2v) is 7.87. The summed E-state index contributed by atoms with van der Waals surface area (Å²) in [5.74, 6) is -1.22. The van der Waals surface area contributed by atoms with Crippen LogP contribution in [0.5, 0.6) is 0 Å². The van der Waals surface area contributed by atoms with Gasteiger partial charge in [0.05, 0.1) is 5.56 Å². The standard InChI is InChI=1S/C20H22N2O4S/c1-11-12(2)27-19(21-13(3)23)16(11)20(25)26-17(14-7-5-4-6-8-14)18(24)22-15-9-10-15/h4-8,15,17H,9-10H2,1-3H3,(H,21,23)(H,22,24). The predicted octanol–water partition coefficient (Wildman–Crippen LogP) is 3.50. The number of anilines is 1. The number of thiophene rings is 1. The van der Waals surface area contributed by atoms with Crippen molar-refractivity contribution in [3.63, 3.8) is 0 Å². The Labute approximate surface area is 161 Å². The molecule has 1 aromatic carbocycles. The van der Waals surface area contributed by atoms with Crippen molar-refractivity contribution in [2.45, 2.75) is 45.8 Å². The SMILES string of the molecule is CC(=O)Nc1sc(C)c(C)c1C(=O)OC(C(=O)NC1CC1)c1ccccc1. The number of hydrogen-bond donors (Lipinski definition) is 2. The third-order valence-corrected chi connectivity index (χ3v) is 5.49. The molecule has 6 nitrogen and oxygen atoms in total. The summed E-state index contributed by atoms with van der Waals surface area (Å²) in [6.45, 7) is 5.06. The first kappa shape index (κ1) is 19.1. The monoisotopic (exact) mass is 386 g/mol. The van der Waals surface area contributed by atoms with Gasteiger partial charge in [-0.3, -0.25) is 9.59 Å². The zero-order valence-electron chi connectivity index (χ0n) is 15.5. The summed E-state index contributed by atoms with van der Waals surface area (Å²) >= 11 is 1.32. The highest BCUT2D eigenvalue weighted by Crippen LogP contribution is 2.34. The van der Waals surface area contributed by atoms with Gasteiger partial charge in [-0.05, 0) is 32.3 Å². The molecule has 27 heavy (non-hydrogen) atoms. The molecule has 0 bridgehead atoms. The fourth-order valence-corrected chi connectivity index (χ4v) is 3.79. The molecule has 2 N–H and O–H groups in total. The van der Waals surface area contributed by atoms with E-state index < -0.39 is 12.1 Å². The maximum atomic E-state index is 12.9. The molecular formula is C20H22N2O4S. The molecule has 1 fully saturated rings. The summed E-state index contributed by atoms with van der Waals surface area (Å²) in [7, 11) is 0. The van der Waals surface area contributed by atoms with E-state index in [2.05, 4.69) is 10.6 Å². The zero-order chi connectivity index (χ0) is 19.6. The average Bonchev–Trinajstić information content (AvgIpc) is 3.38. The van der Waals surface area contributed by atoms with Crippen LogP contribution in [-0.2, 0) is 14.3 Å². The summed E-state index contributed by atoms with van der Waals surface area (Å²) in [4.78, 5) is 38.0. The largest absolute Gasteiger partial charge is 0.444 e. The smallest absolute Gasteiger partial charge is 0.342 e. The fourth-order valence-electron chi connectivity index (χ4n) is 2.69. The van der Waals surface area contributed by atoms with E-state index in [-0.39, 0.29) is 17.9 Å². The Morgan fingerprint density at radius 2 is 1.81 bits per heavy atom. The second kappa shape index (κ2) is 7.92. The molecule has 1 atom stereocenters. The Morgan fingerprint density at radius 3 is 2.41 bits per heavy atom. The number of ether oxygens (including phenoxy) is 1. The maximum Gasteiger partial charge on any atom is 0.342 e. The summed E-state index contributed by atoms with van der Waals surface area (Å²) in [6.07, 6.45) is 0.844. The molecule has 1 unspecified atom stereocenters. The van der Waals surface area contributed by atoms with Crippen LogP contribution in [0.1, 0.15) is 52.2 Å². The minimum Gasteiger partial charge on any atom is -0.444 e. The normalized spacial score (nSPS) is 14.3. The Kier molecular flexibility index (Phi) is 5.60. The highest BCUT2D eigenvalue weighted by molar-refractivity contribution is 7.16. The van der Waals surface area contributed by atoms with Crippen LogP contribution in [0.4, 0.5) is 5.00 Å². The topological polar surface area (TPSA) is 84.5 Å². The summed E-state index contributed by atoms with van der Waals surface area (Å²) in [6, 6.07) is 9.09. The van der Waals surface area contributed by atoms with Crippen molar-refractivity contribution in [1.82, 2.24) is 5.32 Å². The van der Waals surface area contributed by atoms with Gasteiger partial charge in [-0.25, -0.2) is 4.79 Å². The number of aryl methyl sites for hydroxylation is 1. The maximum absolute atomic E-state index is 12.9. The van der Waals surface area contributed by atoms with Gasteiger partial charge in [-0.2, -0.15) is 0 Å². The van der Waals surface area contributed by atoms with E-state index in [1.165, 1.54) is 18.3 Å². The van der Waals surface area contributed by atoms with Crippen LogP contribution in [0.2, 0.25) is 0 Å². The molecule has 0 aliphatic heterocycles. The van der Waals surface area contributed by atoms with Crippen molar-refractivity contribution in [2.24, 2.45) is 0 Å². The number of benzene rings is 1. The van der Waals surface area contributed by atoms with Crippen molar-refractivity contribution in [2.75, 3.05) is 5.32 Å². The first-order chi connectivity index (χ1) is 12.9. The van der Waals surface area contributed by atoms with Crippen molar-refractivity contribution >= 4 is 34.1 Å². The molecule has 0 saturated heterocycles. The summed E-state index contributed by atoms with van der Waals surface area (Å²) in [5.41, 5.74) is 1.64. The van der Waals surface area contributed by atoms with Gasteiger partial charge in [0.1, 0.15) is 5.00 Å². The molecule has 2 amide bonds. The Bertz CT molecular complexity index is 872. The highest BCUT2D eigenvalue weighted by atomic mass is 32.1. The lowest BCUT2D eigenvalue weighted by Gasteiger charge is -2.18. The number of rotatable bonds is 6. The molecule has 7 heteroatoms. The number of hydrogen-bond acceptors (Lipinski definition) is 5. The van der Waals surface area contributed by atoms with Crippen LogP contribution in [0, 0.1) is 13.8 Å². The van der Waals surface area contributed by atoms with Gasteiger partial charge in [-0.15, -0.1) is 11.3 Å². The molecule has 1 heterocycles. The number of nitrogens with one attached hydrogen (secondary N) is 2. The van der Waals surface area contributed by atoms with Crippen LogP contribution < -0.4 is 10.6 Å². The Hall–Kier alpha value is -2.67. The minimum absolute atomic E-state index is 0.155. The van der Waals surface area contributed by atoms with Gasteiger partial charge >= 0.3 is 5.97 Å². The van der Waals surface area contributed by atoms with E-state index in [0.717, 1.165) is 23.3 Å². The third-order valence-electron chi connectivity index (χ3n) is 4.37. The van der Waals surface area contributed by atoms with Gasteiger partial charge in [0.25, 0.3) is 5.91 Å². The number of carbonyl (C=O) groups excluding carboxylic acids is 3.